The van der Waals surface area contributed by atoms with Crippen molar-refractivity contribution in [1.29, 1.82) is 0 Å². The van der Waals surface area contributed by atoms with E-state index in [-0.39, 0.29) is 0 Å². The van der Waals surface area contributed by atoms with Crippen LogP contribution in [-0.4, -0.2) is 0 Å². The highest BCUT2D eigenvalue weighted by Crippen LogP contribution is 2.50. The van der Waals surface area contributed by atoms with Crippen LogP contribution >= 0.6 is 0 Å². The molecule has 0 spiro atoms. The molecule has 2 bridgehead atoms. The van der Waals surface area contributed by atoms with E-state index in [1.54, 1.807) is 32.1 Å². The maximum Gasteiger partial charge on any atom is -0.0383 e. The van der Waals surface area contributed by atoms with Gasteiger partial charge in [-0.1, -0.05) is 122 Å². The van der Waals surface area contributed by atoms with Gasteiger partial charge in [0.25, 0.3) is 0 Å². The van der Waals surface area contributed by atoms with Crippen LogP contribution in [0.25, 0.3) is 0 Å². The quantitative estimate of drug-likeness (QED) is 0.230. The summed E-state index contributed by atoms with van der Waals surface area (Å²) in [6.07, 6.45) is 31.7. The summed E-state index contributed by atoms with van der Waals surface area (Å²) >= 11 is 0. The zero-order chi connectivity index (χ0) is 17.6. The van der Waals surface area contributed by atoms with Crippen molar-refractivity contribution >= 4 is 0 Å². The van der Waals surface area contributed by atoms with Crippen LogP contribution in [0.2, 0.25) is 0 Å². The average Bonchev–Trinajstić information content (AvgIpc) is 3.24. The van der Waals surface area contributed by atoms with Gasteiger partial charge >= 0.3 is 0 Å². The SMILES string of the molecule is CCCCCCCCCCCCCCCCCCC1CC2CCC1C2. The lowest BCUT2D eigenvalue weighted by atomic mass is 9.85. The monoisotopic (exact) mass is 348 g/mol. The summed E-state index contributed by atoms with van der Waals surface area (Å²) < 4.78 is 0. The van der Waals surface area contributed by atoms with E-state index < -0.39 is 0 Å². The van der Waals surface area contributed by atoms with Gasteiger partial charge in [-0.25, -0.2) is 0 Å². The van der Waals surface area contributed by atoms with Crippen molar-refractivity contribution in [2.45, 2.75) is 142 Å². The molecule has 0 heterocycles. The number of hydrogen-bond acceptors (Lipinski definition) is 0. The van der Waals surface area contributed by atoms with Gasteiger partial charge in [0.15, 0.2) is 0 Å². The molecule has 2 saturated carbocycles. The predicted molar refractivity (Wildman–Crippen MR) is 113 cm³/mol. The molecule has 0 aliphatic heterocycles. The van der Waals surface area contributed by atoms with E-state index in [1.165, 1.54) is 103 Å². The molecule has 0 heteroatoms. The van der Waals surface area contributed by atoms with Crippen LogP contribution in [0.1, 0.15) is 142 Å². The third kappa shape index (κ3) is 9.48. The fourth-order valence-electron chi connectivity index (χ4n) is 5.68. The van der Waals surface area contributed by atoms with Crippen LogP contribution in [0.15, 0.2) is 0 Å². The maximum atomic E-state index is 2.31. The first-order chi connectivity index (χ1) is 12.4. The van der Waals surface area contributed by atoms with E-state index in [1.807, 2.05) is 0 Å². The number of hydrogen-bond donors (Lipinski definition) is 0. The third-order valence-corrected chi connectivity index (χ3v) is 7.31. The van der Waals surface area contributed by atoms with E-state index in [9.17, 15) is 0 Å². The maximum absolute atomic E-state index is 2.31. The molecule has 0 aromatic carbocycles. The van der Waals surface area contributed by atoms with Crippen molar-refractivity contribution in [2.75, 3.05) is 0 Å². The van der Waals surface area contributed by atoms with Crippen LogP contribution in [0.4, 0.5) is 0 Å². The molecule has 148 valence electrons. The van der Waals surface area contributed by atoms with Crippen LogP contribution in [0, 0.1) is 17.8 Å². The molecule has 2 aliphatic carbocycles. The van der Waals surface area contributed by atoms with Crippen molar-refractivity contribution in [3.8, 4) is 0 Å². The molecule has 2 rings (SSSR count). The Bertz CT molecular complexity index is 294. The Kier molecular flexibility index (Phi) is 12.0. The second kappa shape index (κ2) is 14.1. The molecular formula is C25H48. The minimum atomic E-state index is 1.14. The summed E-state index contributed by atoms with van der Waals surface area (Å²) in [5, 5.41) is 0. The molecule has 0 radical (unpaired) electrons. The standard InChI is InChI=1S/C25H48/c1-2-3-4-5-6-7-8-9-10-11-12-13-14-15-16-17-18-24-21-23-19-20-25(24)22-23/h23-25H,2-22H2,1H3. The smallest absolute Gasteiger partial charge is 0.0383 e. The molecule has 0 amide bonds. The molecule has 0 nitrogen and oxygen atoms in total. The van der Waals surface area contributed by atoms with E-state index in [0.29, 0.717) is 0 Å². The van der Waals surface area contributed by atoms with Crippen LogP contribution in [-0.2, 0) is 0 Å². The predicted octanol–water partition coefficient (Wildman–Crippen LogP) is 9.07. The second-order valence-corrected chi connectivity index (χ2v) is 9.53. The van der Waals surface area contributed by atoms with Crippen LogP contribution < -0.4 is 0 Å². The van der Waals surface area contributed by atoms with Crippen LogP contribution in [0.3, 0.4) is 0 Å². The minimum Gasteiger partial charge on any atom is -0.0654 e. The third-order valence-electron chi connectivity index (χ3n) is 7.31. The minimum absolute atomic E-state index is 1.14. The summed E-state index contributed by atoms with van der Waals surface area (Å²) in [6, 6.07) is 0. The van der Waals surface area contributed by atoms with E-state index in [4.69, 9.17) is 0 Å². The fourth-order valence-corrected chi connectivity index (χ4v) is 5.68. The Labute approximate surface area is 159 Å². The zero-order valence-electron chi connectivity index (χ0n) is 17.6. The first kappa shape index (κ1) is 21.3. The molecule has 0 aromatic heterocycles. The molecule has 0 saturated heterocycles. The Hall–Kier alpha value is 0. The Morgan fingerprint density at radius 2 is 1.00 bits per heavy atom. The van der Waals surface area contributed by atoms with Gasteiger partial charge in [0.2, 0.25) is 0 Å². The number of fused-ring (bicyclic) bond motifs is 2. The molecule has 3 unspecified atom stereocenters. The van der Waals surface area contributed by atoms with Crippen molar-refractivity contribution in [1.82, 2.24) is 0 Å². The highest BCUT2D eigenvalue weighted by Gasteiger charge is 2.38. The summed E-state index contributed by atoms with van der Waals surface area (Å²) in [7, 11) is 0. The van der Waals surface area contributed by atoms with Crippen molar-refractivity contribution in [2.24, 2.45) is 17.8 Å². The summed E-state index contributed by atoms with van der Waals surface area (Å²) in [4.78, 5) is 0. The molecule has 25 heavy (non-hydrogen) atoms. The van der Waals surface area contributed by atoms with Gasteiger partial charge in [0, 0.05) is 0 Å². The highest BCUT2D eigenvalue weighted by molar-refractivity contribution is 4.89. The molecule has 2 fully saturated rings. The van der Waals surface area contributed by atoms with Gasteiger partial charge in [-0.05, 0) is 37.0 Å². The first-order valence-corrected chi connectivity index (χ1v) is 12.4. The number of rotatable bonds is 17. The summed E-state index contributed by atoms with van der Waals surface area (Å²) in [6.45, 7) is 2.31. The second-order valence-electron chi connectivity index (χ2n) is 9.53. The topological polar surface area (TPSA) is 0 Å². The van der Waals surface area contributed by atoms with Gasteiger partial charge in [0.05, 0.1) is 0 Å². The fraction of sp³-hybridized carbons (Fsp3) is 1.00. The lowest BCUT2D eigenvalue weighted by molar-refractivity contribution is 0.304. The molecule has 3 atom stereocenters. The Balaban J connectivity index is 1.22. The Morgan fingerprint density at radius 3 is 1.40 bits per heavy atom. The molecule has 0 N–H and O–H groups in total. The zero-order valence-corrected chi connectivity index (χ0v) is 17.6. The van der Waals surface area contributed by atoms with Gasteiger partial charge in [0.1, 0.15) is 0 Å². The summed E-state index contributed by atoms with van der Waals surface area (Å²) in [5.74, 6) is 3.45. The molecular weight excluding hydrogens is 300 g/mol. The van der Waals surface area contributed by atoms with Crippen LogP contribution in [0.5, 0.6) is 0 Å². The van der Waals surface area contributed by atoms with E-state index >= 15 is 0 Å². The first-order valence-electron chi connectivity index (χ1n) is 12.4. The largest absolute Gasteiger partial charge is 0.0654 e. The average molecular weight is 349 g/mol. The normalized spacial score (nSPS) is 25.1. The number of unbranched alkanes of at least 4 members (excludes halogenated alkanes) is 15. The molecule has 2 aliphatic rings. The van der Waals surface area contributed by atoms with Gasteiger partial charge in [-0.15, -0.1) is 0 Å². The molecule has 0 aromatic rings. The summed E-state index contributed by atoms with van der Waals surface area (Å²) in [5.41, 5.74) is 0. The van der Waals surface area contributed by atoms with Gasteiger partial charge < -0.3 is 0 Å². The van der Waals surface area contributed by atoms with Gasteiger partial charge in [-0.2, -0.15) is 0 Å². The Morgan fingerprint density at radius 1 is 0.520 bits per heavy atom. The van der Waals surface area contributed by atoms with E-state index in [0.717, 1.165) is 17.8 Å². The van der Waals surface area contributed by atoms with Crippen molar-refractivity contribution in [3.63, 3.8) is 0 Å². The lowest BCUT2D eigenvalue weighted by Crippen LogP contribution is -2.09. The lowest BCUT2D eigenvalue weighted by Gasteiger charge is -2.21. The van der Waals surface area contributed by atoms with E-state index in [2.05, 4.69) is 6.92 Å². The van der Waals surface area contributed by atoms with Crippen molar-refractivity contribution < 1.29 is 0 Å². The van der Waals surface area contributed by atoms with Crippen molar-refractivity contribution in [3.05, 3.63) is 0 Å². The van der Waals surface area contributed by atoms with Gasteiger partial charge in [-0.3, -0.25) is 0 Å². The highest BCUT2D eigenvalue weighted by atomic mass is 14.4.